The molecule has 3 rings (SSSR count). The van der Waals surface area contributed by atoms with Crippen molar-refractivity contribution in [3.8, 4) is 11.3 Å². The third-order valence-corrected chi connectivity index (χ3v) is 10.4. The molecule has 1 aromatic carbocycles. The number of hydrogen-bond acceptors (Lipinski definition) is 4. The van der Waals surface area contributed by atoms with Crippen molar-refractivity contribution in [1.29, 1.82) is 0 Å². The molecule has 0 aliphatic heterocycles. The Kier molecular flexibility index (Phi) is 5.91. The maximum atomic E-state index is 6.31. The molecule has 0 aliphatic carbocycles. The molecule has 6 heteroatoms. The van der Waals surface area contributed by atoms with E-state index in [4.69, 9.17) is 10.2 Å². The van der Waals surface area contributed by atoms with Gasteiger partial charge in [0.25, 0.3) is 0 Å². The highest BCUT2D eigenvalue weighted by molar-refractivity contribution is 6.74. The molecule has 0 amide bonds. The summed E-state index contributed by atoms with van der Waals surface area (Å²) in [7, 11) is -1.66. The fourth-order valence-electron chi connectivity index (χ4n) is 3.07. The zero-order valence-corrected chi connectivity index (χ0v) is 18.7. The van der Waals surface area contributed by atoms with Crippen LogP contribution in [0, 0.1) is 0 Å². The van der Waals surface area contributed by atoms with Crippen LogP contribution in [0.15, 0.2) is 36.5 Å². The lowest BCUT2D eigenvalue weighted by Gasteiger charge is -2.36. The third kappa shape index (κ3) is 4.62. The van der Waals surface area contributed by atoms with Gasteiger partial charge in [0.2, 0.25) is 0 Å². The molecule has 0 unspecified atom stereocenters. The summed E-state index contributed by atoms with van der Waals surface area (Å²) < 4.78 is 6.31. The third-order valence-electron chi connectivity index (χ3n) is 5.84. The van der Waals surface area contributed by atoms with Crippen molar-refractivity contribution >= 4 is 25.0 Å². The number of H-pyrrole nitrogens is 1. The van der Waals surface area contributed by atoms with E-state index in [0.29, 0.717) is 5.82 Å². The summed E-state index contributed by atoms with van der Waals surface area (Å²) in [4.78, 5) is 4.53. The summed E-state index contributed by atoms with van der Waals surface area (Å²) in [6.45, 7) is 12.3. The molecule has 0 saturated carbocycles. The maximum absolute atomic E-state index is 6.31. The number of rotatable bonds is 7. The van der Waals surface area contributed by atoms with Crippen LogP contribution < -0.4 is 5.73 Å². The number of nitrogen functional groups attached to an aromatic ring is 1. The molecule has 0 fully saturated rings. The lowest BCUT2D eigenvalue weighted by Crippen LogP contribution is -2.40. The summed E-state index contributed by atoms with van der Waals surface area (Å²) >= 11 is 0. The summed E-state index contributed by atoms with van der Waals surface area (Å²) in [6.07, 6.45) is 4.90. The summed E-state index contributed by atoms with van der Waals surface area (Å²) in [5, 5.41) is 8.54. The zero-order chi connectivity index (χ0) is 20.4. The molecule has 0 atom stereocenters. The van der Waals surface area contributed by atoms with Gasteiger partial charge < -0.3 is 10.2 Å². The molecule has 3 N–H and O–H groups in total. The summed E-state index contributed by atoms with van der Waals surface area (Å²) in [5.41, 5.74) is 10.2. The Hall–Kier alpha value is -2.18. The minimum atomic E-state index is -1.66. The van der Waals surface area contributed by atoms with Crippen LogP contribution in [0.3, 0.4) is 0 Å². The number of nitrogens with one attached hydrogen (secondary N) is 1. The first-order valence-corrected chi connectivity index (χ1v) is 12.9. The van der Waals surface area contributed by atoms with Gasteiger partial charge in [-0.3, -0.25) is 5.10 Å². The number of pyridine rings is 1. The van der Waals surface area contributed by atoms with E-state index in [1.807, 2.05) is 12.1 Å². The maximum Gasteiger partial charge on any atom is 0.191 e. The average molecular weight is 397 g/mol. The highest BCUT2D eigenvalue weighted by Gasteiger charge is 2.36. The molecule has 2 heterocycles. The van der Waals surface area contributed by atoms with E-state index in [1.54, 1.807) is 6.20 Å². The number of nitrogens with zero attached hydrogens (tertiary/aromatic N) is 2. The Morgan fingerprint density at radius 1 is 1.11 bits per heavy atom. The van der Waals surface area contributed by atoms with E-state index < -0.39 is 8.32 Å². The van der Waals surface area contributed by atoms with E-state index in [9.17, 15) is 0 Å². The van der Waals surface area contributed by atoms with E-state index >= 15 is 0 Å². The SMILES string of the molecule is CC(C)(C)[Si](C)(C)OCCCCc1cc(-c2ccn[nH]2)cc2nc(N)ccc12. The summed E-state index contributed by atoms with van der Waals surface area (Å²) in [5.74, 6) is 0.544. The molecule has 0 bridgehead atoms. The first kappa shape index (κ1) is 20.5. The van der Waals surface area contributed by atoms with Gasteiger partial charge in [-0.1, -0.05) is 20.8 Å². The Balaban J connectivity index is 1.72. The first-order chi connectivity index (χ1) is 13.2. The minimum Gasteiger partial charge on any atom is -0.417 e. The Labute approximate surface area is 168 Å². The first-order valence-electron chi connectivity index (χ1n) is 10.0. The summed E-state index contributed by atoms with van der Waals surface area (Å²) in [6, 6.07) is 10.2. The molecule has 150 valence electrons. The van der Waals surface area contributed by atoms with Gasteiger partial charge in [0.15, 0.2) is 8.32 Å². The second-order valence-electron chi connectivity index (χ2n) is 8.97. The van der Waals surface area contributed by atoms with Crippen LogP contribution in [0.25, 0.3) is 22.2 Å². The predicted molar refractivity (Wildman–Crippen MR) is 120 cm³/mol. The molecule has 5 nitrogen and oxygen atoms in total. The number of unbranched alkanes of at least 4 members (excludes halogenated alkanes) is 1. The molecule has 3 aromatic rings. The van der Waals surface area contributed by atoms with Gasteiger partial charge in [-0.2, -0.15) is 5.10 Å². The van der Waals surface area contributed by atoms with Crippen molar-refractivity contribution in [2.75, 3.05) is 12.3 Å². The standard InChI is InChI=1S/C22H32N4OSi/c1-22(2,3)28(4,5)27-13-7-6-8-16-14-17(19-11-12-24-26-19)15-20-18(16)9-10-21(23)25-20/h9-12,14-15H,6-8,13H2,1-5H3,(H2,23,25)(H,24,26). The average Bonchev–Trinajstić information content (AvgIpc) is 3.14. The van der Waals surface area contributed by atoms with Gasteiger partial charge in [-0.15, -0.1) is 0 Å². The fraction of sp³-hybridized carbons (Fsp3) is 0.455. The molecule has 0 saturated heterocycles. The number of aryl methyl sites for hydroxylation is 1. The molecule has 2 aromatic heterocycles. The van der Waals surface area contributed by atoms with Crippen LogP contribution in [-0.2, 0) is 10.8 Å². The lowest BCUT2D eigenvalue weighted by molar-refractivity contribution is 0.279. The quantitative estimate of drug-likeness (QED) is 0.405. The highest BCUT2D eigenvalue weighted by Crippen LogP contribution is 2.36. The Morgan fingerprint density at radius 3 is 2.57 bits per heavy atom. The van der Waals surface area contributed by atoms with Gasteiger partial charge in [0.05, 0.1) is 11.2 Å². The van der Waals surface area contributed by atoms with E-state index in [0.717, 1.165) is 42.6 Å². The van der Waals surface area contributed by atoms with Crippen LogP contribution in [0.1, 0.15) is 39.2 Å². The van der Waals surface area contributed by atoms with E-state index in [2.05, 4.69) is 67.2 Å². The molecule has 28 heavy (non-hydrogen) atoms. The second kappa shape index (κ2) is 8.05. The van der Waals surface area contributed by atoms with Gasteiger partial charge in [0.1, 0.15) is 5.82 Å². The highest BCUT2D eigenvalue weighted by atomic mass is 28.4. The Bertz CT molecular complexity index is 930. The van der Waals surface area contributed by atoms with Gasteiger partial charge in [-0.05, 0) is 73.3 Å². The topological polar surface area (TPSA) is 76.8 Å². The molecule has 0 spiro atoms. The number of benzene rings is 1. The smallest absolute Gasteiger partial charge is 0.191 e. The van der Waals surface area contributed by atoms with Crippen molar-refractivity contribution in [1.82, 2.24) is 15.2 Å². The number of hydrogen-bond donors (Lipinski definition) is 2. The number of anilines is 1. The second-order valence-corrected chi connectivity index (χ2v) is 13.8. The predicted octanol–water partition coefficient (Wildman–Crippen LogP) is 5.55. The van der Waals surface area contributed by atoms with Gasteiger partial charge >= 0.3 is 0 Å². The fourth-order valence-corrected chi connectivity index (χ4v) is 4.15. The lowest BCUT2D eigenvalue weighted by atomic mass is 9.98. The van der Waals surface area contributed by atoms with Crippen molar-refractivity contribution in [3.05, 3.63) is 42.1 Å². The van der Waals surface area contributed by atoms with Crippen LogP contribution in [-0.4, -0.2) is 30.1 Å². The van der Waals surface area contributed by atoms with Crippen LogP contribution >= 0.6 is 0 Å². The minimum absolute atomic E-state index is 0.257. The van der Waals surface area contributed by atoms with E-state index in [-0.39, 0.29) is 5.04 Å². The molecule has 0 radical (unpaired) electrons. The van der Waals surface area contributed by atoms with Gasteiger partial charge in [0, 0.05) is 23.8 Å². The van der Waals surface area contributed by atoms with Gasteiger partial charge in [-0.25, -0.2) is 4.98 Å². The normalized spacial score (nSPS) is 12.6. The van der Waals surface area contributed by atoms with Crippen LogP contribution in [0.4, 0.5) is 5.82 Å². The van der Waals surface area contributed by atoms with Crippen molar-refractivity contribution in [2.24, 2.45) is 0 Å². The largest absolute Gasteiger partial charge is 0.417 e. The van der Waals surface area contributed by atoms with Crippen molar-refractivity contribution < 1.29 is 4.43 Å². The number of nitrogens with two attached hydrogens (primary N) is 1. The number of fused-ring (bicyclic) bond motifs is 1. The van der Waals surface area contributed by atoms with Crippen LogP contribution in [0.2, 0.25) is 18.1 Å². The molecular weight excluding hydrogens is 364 g/mol. The van der Waals surface area contributed by atoms with E-state index in [1.165, 1.54) is 10.9 Å². The molecule has 0 aliphatic rings. The number of aromatic nitrogens is 3. The number of aromatic amines is 1. The van der Waals surface area contributed by atoms with Crippen molar-refractivity contribution in [2.45, 2.75) is 58.2 Å². The monoisotopic (exact) mass is 396 g/mol. The molecular formula is C22H32N4OSi. The Morgan fingerprint density at radius 2 is 1.89 bits per heavy atom. The van der Waals surface area contributed by atoms with Crippen molar-refractivity contribution in [3.63, 3.8) is 0 Å². The zero-order valence-electron chi connectivity index (χ0n) is 17.7. The van der Waals surface area contributed by atoms with Crippen LogP contribution in [0.5, 0.6) is 0 Å².